The van der Waals surface area contributed by atoms with E-state index in [9.17, 15) is 4.79 Å². The highest BCUT2D eigenvalue weighted by Gasteiger charge is 2.24. The molecule has 4 nitrogen and oxygen atoms in total. The van der Waals surface area contributed by atoms with Crippen LogP contribution in [0.25, 0.3) is 0 Å². The lowest BCUT2D eigenvalue weighted by molar-refractivity contribution is 0.0733. The summed E-state index contributed by atoms with van der Waals surface area (Å²) in [4.78, 5) is 15.4. The van der Waals surface area contributed by atoms with Crippen molar-refractivity contribution in [3.05, 3.63) is 16.3 Å². The van der Waals surface area contributed by atoms with E-state index in [1.807, 2.05) is 16.3 Å². The minimum atomic E-state index is 0.103. The van der Waals surface area contributed by atoms with Crippen LogP contribution in [0.2, 0.25) is 0 Å². The van der Waals surface area contributed by atoms with Crippen molar-refractivity contribution in [2.45, 2.75) is 38.6 Å². The molecule has 0 spiro atoms. The second-order valence-electron chi connectivity index (χ2n) is 5.22. The van der Waals surface area contributed by atoms with Crippen molar-refractivity contribution in [2.24, 2.45) is 0 Å². The van der Waals surface area contributed by atoms with E-state index < -0.39 is 0 Å². The van der Waals surface area contributed by atoms with E-state index >= 15 is 0 Å². The molecule has 1 aliphatic rings. The zero-order valence-electron chi connectivity index (χ0n) is 12.4. The summed E-state index contributed by atoms with van der Waals surface area (Å²) in [5, 5.41) is 5.43. The number of carbonyl (C=O) groups excluding carboxylic acids is 1. The summed E-state index contributed by atoms with van der Waals surface area (Å²) in [6, 6.07) is 2.30. The van der Waals surface area contributed by atoms with Crippen LogP contribution in [-0.2, 0) is 0 Å². The van der Waals surface area contributed by atoms with Crippen LogP contribution in [0, 0.1) is 0 Å². The highest BCUT2D eigenvalue weighted by Crippen LogP contribution is 2.26. The standard InChI is InChI=1S/C15H24N2O2S/c1-3-9-17(11-12-6-4-5-8-16-12)15(18)14-13(19-2)7-10-20-14/h7,10,12,16H,3-6,8-9,11H2,1-2H3. The Morgan fingerprint density at radius 1 is 1.55 bits per heavy atom. The highest BCUT2D eigenvalue weighted by atomic mass is 32.1. The minimum absolute atomic E-state index is 0.103. The largest absolute Gasteiger partial charge is 0.495 e. The first-order valence-corrected chi connectivity index (χ1v) is 8.28. The lowest BCUT2D eigenvalue weighted by Gasteiger charge is -2.30. The number of carbonyl (C=O) groups is 1. The Bertz CT molecular complexity index is 427. The Hall–Kier alpha value is -1.07. The van der Waals surface area contributed by atoms with Crippen molar-refractivity contribution < 1.29 is 9.53 Å². The van der Waals surface area contributed by atoms with Crippen molar-refractivity contribution in [1.82, 2.24) is 10.2 Å². The summed E-state index contributed by atoms with van der Waals surface area (Å²) in [5.41, 5.74) is 0. The predicted octanol–water partition coefficient (Wildman–Crippen LogP) is 2.75. The molecular formula is C15H24N2O2S. The first-order chi connectivity index (χ1) is 9.76. The molecule has 0 radical (unpaired) electrons. The molecule has 1 aromatic rings. The molecule has 1 unspecified atom stereocenters. The first-order valence-electron chi connectivity index (χ1n) is 7.40. The smallest absolute Gasteiger partial charge is 0.267 e. The molecular weight excluding hydrogens is 272 g/mol. The Morgan fingerprint density at radius 2 is 2.40 bits per heavy atom. The van der Waals surface area contributed by atoms with E-state index in [4.69, 9.17) is 4.74 Å². The molecule has 1 saturated heterocycles. The SMILES string of the molecule is CCCN(CC1CCCCN1)C(=O)c1sccc1OC. The van der Waals surface area contributed by atoms with E-state index in [0.717, 1.165) is 37.4 Å². The van der Waals surface area contributed by atoms with Crippen molar-refractivity contribution in [3.63, 3.8) is 0 Å². The molecule has 1 N–H and O–H groups in total. The molecule has 1 aromatic heterocycles. The molecule has 20 heavy (non-hydrogen) atoms. The van der Waals surface area contributed by atoms with Gasteiger partial charge in [0.05, 0.1) is 7.11 Å². The lowest BCUT2D eigenvalue weighted by Crippen LogP contribution is -2.46. The van der Waals surface area contributed by atoms with Gasteiger partial charge >= 0.3 is 0 Å². The highest BCUT2D eigenvalue weighted by molar-refractivity contribution is 7.12. The van der Waals surface area contributed by atoms with E-state index in [1.165, 1.54) is 24.2 Å². The summed E-state index contributed by atoms with van der Waals surface area (Å²) in [6.07, 6.45) is 4.65. The average molecular weight is 296 g/mol. The summed E-state index contributed by atoms with van der Waals surface area (Å²) < 4.78 is 5.27. The Kier molecular flexibility index (Phi) is 5.86. The number of nitrogens with zero attached hydrogens (tertiary/aromatic N) is 1. The van der Waals surface area contributed by atoms with Crippen molar-refractivity contribution in [3.8, 4) is 5.75 Å². The summed E-state index contributed by atoms with van der Waals surface area (Å²) in [6.45, 7) is 4.78. The van der Waals surface area contributed by atoms with Crippen LogP contribution in [0.5, 0.6) is 5.75 Å². The van der Waals surface area contributed by atoms with Crippen LogP contribution in [0.4, 0.5) is 0 Å². The molecule has 0 aliphatic carbocycles. The number of ether oxygens (including phenoxy) is 1. The number of methoxy groups -OCH3 is 1. The van der Waals surface area contributed by atoms with Gasteiger partial charge in [0.2, 0.25) is 0 Å². The molecule has 2 heterocycles. The fourth-order valence-corrected chi connectivity index (χ4v) is 3.47. The number of nitrogens with one attached hydrogen (secondary N) is 1. The average Bonchev–Trinajstić information content (AvgIpc) is 2.95. The topological polar surface area (TPSA) is 41.6 Å². The van der Waals surface area contributed by atoms with Gasteiger partial charge in [-0.15, -0.1) is 11.3 Å². The first kappa shape index (κ1) is 15.3. The summed E-state index contributed by atoms with van der Waals surface area (Å²) >= 11 is 1.46. The molecule has 1 aliphatic heterocycles. The zero-order valence-corrected chi connectivity index (χ0v) is 13.2. The number of hydrogen-bond donors (Lipinski definition) is 1. The Labute approximate surface area is 125 Å². The normalized spacial score (nSPS) is 18.8. The van der Waals surface area contributed by atoms with E-state index in [-0.39, 0.29) is 5.91 Å². The fourth-order valence-electron chi connectivity index (χ4n) is 2.65. The number of rotatable bonds is 6. The van der Waals surface area contributed by atoms with Gasteiger partial charge < -0.3 is 15.0 Å². The zero-order chi connectivity index (χ0) is 14.4. The maximum Gasteiger partial charge on any atom is 0.267 e. The maximum atomic E-state index is 12.7. The van der Waals surface area contributed by atoms with Gasteiger partial charge in [-0.05, 0) is 37.3 Å². The molecule has 0 aromatic carbocycles. The number of hydrogen-bond acceptors (Lipinski definition) is 4. The molecule has 2 rings (SSSR count). The van der Waals surface area contributed by atoms with Gasteiger partial charge in [-0.2, -0.15) is 0 Å². The molecule has 1 atom stereocenters. The molecule has 1 fully saturated rings. The van der Waals surface area contributed by atoms with Crippen LogP contribution in [-0.4, -0.2) is 43.6 Å². The van der Waals surface area contributed by atoms with Crippen LogP contribution < -0.4 is 10.1 Å². The summed E-state index contributed by atoms with van der Waals surface area (Å²) in [7, 11) is 1.62. The van der Waals surface area contributed by atoms with Crippen LogP contribution in [0.3, 0.4) is 0 Å². The van der Waals surface area contributed by atoms with Gasteiger partial charge in [0.25, 0.3) is 5.91 Å². The molecule has 112 valence electrons. The van der Waals surface area contributed by atoms with Gasteiger partial charge in [0, 0.05) is 19.1 Å². The van der Waals surface area contributed by atoms with E-state index in [1.54, 1.807) is 7.11 Å². The van der Waals surface area contributed by atoms with E-state index in [0.29, 0.717) is 11.8 Å². The summed E-state index contributed by atoms with van der Waals surface area (Å²) in [5.74, 6) is 0.795. The van der Waals surface area contributed by atoms with Gasteiger partial charge in [-0.25, -0.2) is 0 Å². The third-order valence-electron chi connectivity index (χ3n) is 3.68. The molecule has 0 bridgehead atoms. The second kappa shape index (κ2) is 7.64. The Balaban J connectivity index is 2.04. The van der Waals surface area contributed by atoms with Crippen LogP contribution in [0.15, 0.2) is 11.4 Å². The quantitative estimate of drug-likeness (QED) is 0.877. The van der Waals surface area contributed by atoms with Crippen LogP contribution in [0.1, 0.15) is 42.3 Å². The Morgan fingerprint density at radius 3 is 3.05 bits per heavy atom. The van der Waals surface area contributed by atoms with Gasteiger partial charge in [-0.3, -0.25) is 4.79 Å². The van der Waals surface area contributed by atoms with Crippen molar-refractivity contribution in [1.29, 1.82) is 0 Å². The lowest BCUT2D eigenvalue weighted by atomic mass is 10.0. The fraction of sp³-hybridized carbons (Fsp3) is 0.667. The van der Waals surface area contributed by atoms with Gasteiger partial charge in [0.15, 0.2) is 0 Å². The number of amides is 1. The van der Waals surface area contributed by atoms with Crippen molar-refractivity contribution >= 4 is 17.2 Å². The maximum absolute atomic E-state index is 12.7. The third kappa shape index (κ3) is 3.73. The second-order valence-corrected chi connectivity index (χ2v) is 6.13. The van der Waals surface area contributed by atoms with Gasteiger partial charge in [-0.1, -0.05) is 13.3 Å². The van der Waals surface area contributed by atoms with Gasteiger partial charge in [0.1, 0.15) is 10.6 Å². The molecule has 1 amide bonds. The molecule has 0 saturated carbocycles. The monoisotopic (exact) mass is 296 g/mol. The van der Waals surface area contributed by atoms with Crippen LogP contribution >= 0.6 is 11.3 Å². The van der Waals surface area contributed by atoms with Crippen molar-refractivity contribution in [2.75, 3.05) is 26.7 Å². The molecule has 5 heteroatoms. The predicted molar refractivity (Wildman–Crippen MR) is 82.7 cm³/mol. The third-order valence-corrected chi connectivity index (χ3v) is 4.56. The number of piperidine rings is 1. The minimum Gasteiger partial charge on any atom is -0.495 e. The van der Waals surface area contributed by atoms with E-state index in [2.05, 4.69) is 12.2 Å². The number of thiophene rings is 1.